The van der Waals surface area contributed by atoms with Crippen LogP contribution in [0.4, 0.5) is 4.39 Å². The lowest BCUT2D eigenvalue weighted by atomic mass is 9.94. The number of thiazole rings is 1. The van der Waals surface area contributed by atoms with E-state index in [1.807, 2.05) is 25.7 Å². The normalized spacial score (nSPS) is 23.7. The molecule has 0 bridgehead atoms. The summed E-state index contributed by atoms with van der Waals surface area (Å²) in [6.07, 6.45) is 3.40. The molecule has 2 fully saturated rings. The summed E-state index contributed by atoms with van der Waals surface area (Å²) in [5, 5.41) is 10.7. The van der Waals surface area contributed by atoms with E-state index in [9.17, 15) is 14.3 Å². The van der Waals surface area contributed by atoms with Crippen molar-refractivity contribution in [3.8, 4) is 10.4 Å². The quantitative estimate of drug-likeness (QED) is 0.838. The minimum atomic E-state index is -0.300. The fraction of sp³-hybridized carbons (Fsp3) is 0.524. The molecule has 2 aliphatic rings. The summed E-state index contributed by atoms with van der Waals surface area (Å²) in [7, 11) is 0. The fourth-order valence-corrected chi connectivity index (χ4v) is 5.31. The molecule has 0 spiro atoms. The second-order valence-corrected chi connectivity index (χ2v) is 8.18. The van der Waals surface area contributed by atoms with E-state index >= 15 is 0 Å². The number of benzene rings is 1. The number of nitrogens with zero attached hydrogens (tertiary/aromatic N) is 2. The van der Waals surface area contributed by atoms with Crippen LogP contribution < -0.4 is 0 Å². The van der Waals surface area contributed by atoms with Crippen molar-refractivity contribution in [2.24, 2.45) is 11.8 Å². The molecule has 1 amide bonds. The number of likely N-dealkylation sites (tertiary alicyclic amines) is 1. The van der Waals surface area contributed by atoms with Crippen molar-refractivity contribution in [2.45, 2.75) is 46.1 Å². The molecule has 146 valence electrons. The Bertz CT molecular complexity index is 790. The number of amides is 1. The van der Waals surface area contributed by atoms with Gasteiger partial charge >= 0.3 is 0 Å². The van der Waals surface area contributed by atoms with Crippen LogP contribution >= 0.6 is 11.3 Å². The Hall–Kier alpha value is -1.79. The predicted octanol–water partition coefficient (Wildman–Crippen LogP) is 4.52. The van der Waals surface area contributed by atoms with E-state index in [1.165, 1.54) is 29.9 Å². The highest BCUT2D eigenvalue weighted by atomic mass is 32.1. The van der Waals surface area contributed by atoms with E-state index in [0.29, 0.717) is 24.1 Å². The van der Waals surface area contributed by atoms with Crippen LogP contribution in [0.5, 0.6) is 0 Å². The van der Waals surface area contributed by atoms with Gasteiger partial charge in [-0.3, -0.25) is 4.79 Å². The van der Waals surface area contributed by atoms with Crippen molar-refractivity contribution in [3.63, 3.8) is 0 Å². The molecule has 1 saturated carbocycles. The number of fused-ring (bicyclic) bond motifs is 1. The van der Waals surface area contributed by atoms with Gasteiger partial charge in [0, 0.05) is 6.54 Å². The summed E-state index contributed by atoms with van der Waals surface area (Å²) in [4.78, 5) is 20.3. The molecule has 1 aromatic carbocycles. The molecule has 3 unspecified atom stereocenters. The highest BCUT2D eigenvalue weighted by Crippen LogP contribution is 2.43. The standard InChI is InChI=1S/C19H21FN2O2S.C2H6/c1-11-21-17(18(25-11)12-5-7-14(20)8-6-12)19(24)22-9-13-3-2-4-15(13)16(22)10-23;1-2/h5-8,13,15-16,23H,2-4,9-10H2,1H3;1-2H3. The van der Waals surface area contributed by atoms with Crippen molar-refractivity contribution < 1.29 is 14.3 Å². The Labute approximate surface area is 164 Å². The topological polar surface area (TPSA) is 53.4 Å². The molecule has 1 N–H and O–H groups in total. The summed E-state index contributed by atoms with van der Waals surface area (Å²) < 4.78 is 13.2. The second-order valence-electron chi connectivity index (χ2n) is 6.98. The van der Waals surface area contributed by atoms with Crippen molar-refractivity contribution in [3.05, 3.63) is 40.8 Å². The van der Waals surface area contributed by atoms with Crippen molar-refractivity contribution in [1.82, 2.24) is 9.88 Å². The zero-order chi connectivity index (χ0) is 19.6. The number of rotatable bonds is 3. The Balaban J connectivity index is 0.00000102. The number of aliphatic hydroxyl groups is 1. The molecule has 0 radical (unpaired) electrons. The van der Waals surface area contributed by atoms with Gasteiger partial charge in [-0.15, -0.1) is 11.3 Å². The fourth-order valence-electron chi connectivity index (χ4n) is 4.39. The third-order valence-corrected chi connectivity index (χ3v) is 6.55. The van der Waals surface area contributed by atoms with E-state index < -0.39 is 0 Å². The summed E-state index contributed by atoms with van der Waals surface area (Å²) in [5.74, 6) is 0.487. The molecular weight excluding hydrogens is 363 g/mol. The number of hydrogen-bond acceptors (Lipinski definition) is 4. The zero-order valence-electron chi connectivity index (χ0n) is 16.1. The molecule has 27 heavy (non-hydrogen) atoms. The molecule has 2 aromatic rings. The molecule has 1 aliphatic carbocycles. The van der Waals surface area contributed by atoms with Crippen LogP contribution in [0.15, 0.2) is 24.3 Å². The summed E-state index contributed by atoms with van der Waals surface area (Å²) in [6, 6.07) is 6.05. The Morgan fingerprint density at radius 2 is 2.00 bits per heavy atom. The minimum absolute atomic E-state index is 0.00189. The van der Waals surface area contributed by atoms with Gasteiger partial charge in [-0.1, -0.05) is 32.4 Å². The van der Waals surface area contributed by atoms with Gasteiger partial charge in [-0.05, 0) is 49.3 Å². The first-order valence-electron chi connectivity index (χ1n) is 9.73. The van der Waals surface area contributed by atoms with Gasteiger partial charge in [0.15, 0.2) is 0 Å². The molecule has 4 nitrogen and oxygen atoms in total. The van der Waals surface area contributed by atoms with Gasteiger partial charge in [0.25, 0.3) is 5.91 Å². The third kappa shape index (κ3) is 3.78. The highest BCUT2D eigenvalue weighted by Gasteiger charge is 2.46. The van der Waals surface area contributed by atoms with E-state index in [4.69, 9.17) is 0 Å². The van der Waals surface area contributed by atoms with Gasteiger partial charge in [0.1, 0.15) is 11.5 Å². The lowest BCUT2D eigenvalue weighted by Crippen LogP contribution is -2.40. The molecular formula is C21H27FN2O2S. The van der Waals surface area contributed by atoms with Crippen molar-refractivity contribution in [2.75, 3.05) is 13.2 Å². The Morgan fingerprint density at radius 1 is 1.30 bits per heavy atom. The lowest BCUT2D eigenvalue weighted by Gasteiger charge is -2.26. The molecule has 6 heteroatoms. The number of halogens is 1. The van der Waals surface area contributed by atoms with Crippen LogP contribution in [-0.2, 0) is 0 Å². The molecule has 2 heterocycles. The molecule has 1 aromatic heterocycles. The molecule has 1 saturated heterocycles. The van der Waals surface area contributed by atoms with Crippen LogP contribution in [0.25, 0.3) is 10.4 Å². The molecule has 1 aliphatic heterocycles. The van der Waals surface area contributed by atoms with Crippen LogP contribution in [0.2, 0.25) is 0 Å². The summed E-state index contributed by atoms with van der Waals surface area (Å²) >= 11 is 1.45. The van der Waals surface area contributed by atoms with Gasteiger partial charge in [-0.2, -0.15) is 0 Å². The first-order chi connectivity index (χ1) is 13.1. The predicted molar refractivity (Wildman–Crippen MR) is 106 cm³/mol. The average Bonchev–Trinajstić information content (AvgIpc) is 3.37. The number of aryl methyl sites for hydroxylation is 1. The van der Waals surface area contributed by atoms with Gasteiger partial charge < -0.3 is 10.0 Å². The Morgan fingerprint density at radius 3 is 2.67 bits per heavy atom. The van der Waals surface area contributed by atoms with Crippen molar-refractivity contribution in [1.29, 1.82) is 0 Å². The largest absolute Gasteiger partial charge is 0.394 e. The van der Waals surface area contributed by atoms with Gasteiger partial charge in [0.2, 0.25) is 0 Å². The summed E-state index contributed by atoms with van der Waals surface area (Å²) in [5.41, 5.74) is 1.22. The molecule has 3 atom stereocenters. The second kappa shape index (κ2) is 8.48. The SMILES string of the molecule is CC.Cc1nc(C(=O)N2CC3CCCC3C2CO)c(-c2ccc(F)cc2)s1. The first kappa shape index (κ1) is 20.0. The Kier molecular flexibility index (Phi) is 6.27. The highest BCUT2D eigenvalue weighted by molar-refractivity contribution is 7.15. The zero-order valence-corrected chi connectivity index (χ0v) is 16.9. The number of aromatic nitrogens is 1. The van der Waals surface area contributed by atoms with E-state index in [-0.39, 0.29) is 24.4 Å². The summed E-state index contributed by atoms with van der Waals surface area (Å²) in [6.45, 7) is 6.58. The van der Waals surface area contributed by atoms with Crippen LogP contribution in [0.1, 0.15) is 48.6 Å². The van der Waals surface area contributed by atoms with Crippen molar-refractivity contribution >= 4 is 17.2 Å². The van der Waals surface area contributed by atoms with E-state index in [2.05, 4.69) is 4.98 Å². The van der Waals surface area contributed by atoms with Crippen LogP contribution in [0.3, 0.4) is 0 Å². The number of hydrogen-bond donors (Lipinski definition) is 1. The monoisotopic (exact) mass is 390 g/mol. The average molecular weight is 391 g/mol. The number of aliphatic hydroxyl groups excluding tert-OH is 1. The molecule has 4 rings (SSSR count). The van der Waals surface area contributed by atoms with Gasteiger partial charge in [0.05, 0.1) is 22.5 Å². The van der Waals surface area contributed by atoms with Crippen LogP contribution in [0, 0.1) is 24.6 Å². The smallest absolute Gasteiger partial charge is 0.274 e. The maximum Gasteiger partial charge on any atom is 0.274 e. The first-order valence-corrected chi connectivity index (χ1v) is 10.6. The van der Waals surface area contributed by atoms with E-state index in [0.717, 1.165) is 28.3 Å². The minimum Gasteiger partial charge on any atom is -0.394 e. The number of carbonyl (C=O) groups excluding carboxylic acids is 1. The maximum absolute atomic E-state index is 13.2. The van der Waals surface area contributed by atoms with Gasteiger partial charge in [-0.25, -0.2) is 9.37 Å². The number of carbonyl (C=O) groups is 1. The van der Waals surface area contributed by atoms with Crippen LogP contribution in [-0.4, -0.2) is 40.1 Å². The maximum atomic E-state index is 13.2. The van der Waals surface area contributed by atoms with E-state index in [1.54, 1.807) is 12.1 Å². The third-order valence-electron chi connectivity index (χ3n) is 5.53. The lowest BCUT2D eigenvalue weighted by molar-refractivity contribution is 0.0632.